The Labute approximate surface area is 285 Å². The molecule has 4 atom stereocenters. The predicted octanol–water partition coefficient (Wildman–Crippen LogP) is 8.12. The summed E-state index contributed by atoms with van der Waals surface area (Å²) in [5.41, 5.74) is 4.18. The monoisotopic (exact) mass is 672 g/mol. The second-order valence-corrected chi connectivity index (χ2v) is 13.5. The van der Waals surface area contributed by atoms with Crippen LogP contribution in [0.2, 0.25) is 10.0 Å². The number of ether oxygens (including phenoxy) is 1. The maximum atomic E-state index is 14.2. The Morgan fingerprint density at radius 1 is 0.830 bits per heavy atom. The predicted molar refractivity (Wildman–Crippen MR) is 186 cm³/mol. The van der Waals surface area contributed by atoms with Crippen LogP contribution in [0, 0.1) is 39.5 Å². The fourth-order valence-corrected chi connectivity index (χ4v) is 6.77. The number of aliphatic hydroxyl groups is 1. The van der Waals surface area contributed by atoms with Crippen molar-refractivity contribution in [3.05, 3.63) is 122 Å². The Morgan fingerprint density at radius 2 is 1.36 bits per heavy atom. The molecule has 4 aromatic carbocycles. The molecule has 1 saturated carbocycles. The maximum absolute atomic E-state index is 14.2. The Hall–Kier alpha value is -4.17. The molecule has 0 bridgehead atoms. The minimum Gasteiger partial charge on any atom is -0.489 e. The molecule has 1 aliphatic rings. The Morgan fingerprint density at radius 3 is 1.91 bits per heavy atom. The number of carbonyl (C=O) groups excluding carboxylic acids is 3. The molecule has 7 nitrogen and oxygen atoms in total. The molecule has 5 rings (SSSR count). The van der Waals surface area contributed by atoms with Crippen molar-refractivity contribution in [1.29, 1.82) is 0 Å². The quantitative estimate of drug-likeness (QED) is 0.164. The number of rotatable bonds is 8. The number of hydrogen-bond acceptors (Lipinski definition) is 5. The van der Waals surface area contributed by atoms with Crippen molar-refractivity contribution in [2.24, 2.45) is 11.8 Å². The van der Waals surface area contributed by atoms with Crippen molar-refractivity contribution < 1.29 is 24.2 Å². The van der Waals surface area contributed by atoms with Crippen LogP contribution in [-0.2, 0) is 21.0 Å². The van der Waals surface area contributed by atoms with Crippen molar-refractivity contribution in [1.82, 2.24) is 0 Å². The smallest absolute Gasteiger partial charge is 0.235 e. The third kappa shape index (κ3) is 7.54. The van der Waals surface area contributed by atoms with Gasteiger partial charge in [-0.1, -0.05) is 65.7 Å². The van der Waals surface area contributed by atoms with Crippen molar-refractivity contribution in [3.8, 4) is 5.75 Å². The van der Waals surface area contributed by atoms with Gasteiger partial charge in [-0.05, 0) is 98.8 Å². The first-order chi connectivity index (χ1) is 22.2. The summed E-state index contributed by atoms with van der Waals surface area (Å²) < 4.78 is 5.97. The number of amides is 2. The number of hydrogen-bond donors (Lipinski definition) is 3. The topological polar surface area (TPSA) is 105 Å². The first-order valence-corrected chi connectivity index (χ1v) is 16.2. The Kier molecular flexibility index (Phi) is 10.1. The van der Waals surface area contributed by atoms with Crippen molar-refractivity contribution in [2.75, 3.05) is 10.6 Å². The molecular weight excluding hydrogens is 635 g/mol. The van der Waals surface area contributed by atoms with E-state index < -0.39 is 41.0 Å². The third-order valence-corrected chi connectivity index (χ3v) is 9.55. The normalized spacial score (nSPS) is 20.9. The van der Waals surface area contributed by atoms with Crippen LogP contribution in [0.25, 0.3) is 0 Å². The lowest BCUT2D eigenvalue weighted by atomic mass is 9.61. The molecule has 47 heavy (non-hydrogen) atoms. The molecule has 2 amide bonds. The summed E-state index contributed by atoms with van der Waals surface area (Å²) in [6.07, 6.45) is -0.362. The van der Waals surface area contributed by atoms with Crippen LogP contribution in [0.15, 0.2) is 78.9 Å². The zero-order valence-electron chi connectivity index (χ0n) is 27.0. The average molecular weight is 674 g/mol. The van der Waals surface area contributed by atoms with E-state index in [-0.39, 0.29) is 13.0 Å². The molecule has 0 saturated heterocycles. The van der Waals surface area contributed by atoms with Gasteiger partial charge in [0, 0.05) is 39.3 Å². The van der Waals surface area contributed by atoms with E-state index >= 15 is 0 Å². The van der Waals surface area contributed by atoms with Crippen LogP contribution < -0.4 is 15.4 Å². The highest BCUT2D eigenvalue weighted by Crippen LogP contribution is 2.47. The molecule has 4 aromatic rings. The number of halogens is 2. The van der Waals surface area contributed by atoms with Gasteiger partial charge in [0.1, 0.15) is 24.1 Å². The minimum absolute atomic E-state index is 0.121. The van der Waals surface area contributed by atoms with E-state index in [4.69, 9.17) is 27.9 Å². The fourth-order valence-electron chi connectivity index (χ4n) is 6.27. The van der Waals surface area contributed by atoms with Gasteiger partial charge in [0.25, 0.3) is 0 Å². The van der Waals surface area contributed by atoms with E-state index in [0.717, 1.165) is 22.3 Å². The Bertz CT molecular complexity index is 1820. The summed E-state index contributed by atoms with van der Waals surface area (Å²) in [5, 5.41) is 18.6. The summed E-state index contributed by atoms with van der Waals surface area (Å²) in [6.45, 7) is 9.19. The number of benzene rings is 4. The molecule has 244 valence electrons. The fraction of sp³-hybridized carbons (Fsp3) is 0.289. The van der Waals surface area contributed by atoms with E-state index in [9.17, 15) is 19.5 Å². The summed E-state index contributed by atoms with van der Waals surface area (Å²) in [4.78, 5) is 42.0. The molecule has 0 aromatic heterocycles. The largest absolute Gasteiger partial charge is 0.489 e. The van der Waals surface area contributed by atoms with Gasteiger partial charge in [-0.15, -0.1) is 0 Å². The van der Waals surface area contributed by atoms with Gasteiger partial charge in [-0.3, -0.25) is 14.4 Å². The van der Waals surface area contributed by atoms with Crippen LogP contribution in [0.4, 0.5) is 11.4 Å². The molecule has 0 heterocycles. The van der Waals surface area contributed by atoms with Crippen LogP contribution in [0.1, 0.15) is 52.6 Å². The van der Waals surface area contributed by atoms with Gasteiger partial charge >= 0.3 is 0 Å². The van der Waals surface area contributed by atoms with Gasteiger partial charge < -0.3 is 20.5 Å². The standard InChI is InChI=1S/C38H38Cl2N2O5/c1-21-9-11-23(3)30(17-21)41-36(44)34-32(43)19-38(5,46)35(37(45)42-31-18-22(2)10-12-24(31)4)33(34)25-13-15-26(16-14-25)47-20-27-28(39)7-6-8-29(27)40/h6-18,33-35,46H,19-20H2,1-5H3,(H,41,44)(H,42,45). The SMILES string of the molecule is Cc1ccc(C)c(NC(=O)C2C(=O)CC(C)(O)C(C(=O)Nc3cc(C)ccc3C)C2c2ccc(OCc3c(Cl)cccc3Cl)cc2)c1. The number of aryl methyl sites for hydroxylation is 4. The van der Waals surface area contributed by atoms with E-state index in [1.807, 2.05) is 64.1 Å². The van der Waals surface area contributed by atoms with Crippen LogP contribution in [0.5, 0.6) is 5.75 Å². The van der Waals surface area contributed by atoms with E-state index in [1.165, 1.54) is 6.92 Å². The molecule has 0 radical (unpaired) electrons. The van der Waals surface area contributed by atoms with Crippen molar-refractivity contribution in [2.45, 2.75) is 59.2 Å². The first-order valence-electron chi connectivity index (χ1n) is 15.4. The third-order valence-electron chi connectivity index (χ3n) is 8.84. The van der Waals surface area contributed by atoms with Gasteiger partial charge in [0.2, 0.25) is 11.8 Å². The van der Waals surface area contributed by atoms with Crippen LogP contribution in [0.3, 0.4) is 0 Å². The second kappa shape index (κ2) is 13.9. The zero-order chi connectivity index (χ0) is 34.0. The second-order valence-electron chi connectivity index (χ2n) is 12.7. The highest BCUT2D eigenvalue weighted by Gasteiger charge is 2.56. The summed E-state index contributed by atoms with van der Waals surface area (Å²) >= 11 is 12.6. The van der Waals surface area contributed by atoms with Crippen molar-refractivity contribution in [3.63, 3.8) is 0 Å². The molecule has 1 aliphatic carbocycles. The summed E-state index contributed by atoms with van der Waals surface area (Å²) in [5.74, 6) is -4.38. The van der Waals surface area contributed by atoms with Crippen molar-refractivity contribution >= 4 is 52.2 Å². The molecule has 1 fully saturated rings. The lowest BCUT2D eigenvalue weighted by Crippen LogP contribution is -2.56. The number of nitrogens with one attached hydrogen (secondary N) is 2. The number of anilines is 2. The van der Waals surface area contributed by atoms with E-state index in [1.54, 1.807) is 42.5 Å². The van der Waals surface area contributed by atoms with E-state index in [0.29, 0.717) is 38.3 Å². The molecule has 9 heteroatoms. The maximum Gasteiger partial charge on any atom is 0.235 e. The molecule has 3 N–H and O–H groups in total. The van der Waals surface area contributed by atoms with Crippen LogP contribution in [-0.4, -0.2) is 28.3 Å². The van der Waals surface area contributed by atoms with Crippen LogP contribution >= 0.6 is 23.2 Å². The van der Waals surface area contributed by atoms with Gasteiger partial charge in [0.15, 0.2) is 0 Å². The van der Waals surface area contributed by atoms with Gasteiger partial charge in [-0.25, -0.2) is 0 Å². The lowest BCUT2D eigenvalue weighted by Gasteiger charge is -2.44. The molecule has 4 unspecified atom stereocenters. The minimum atomic E-state index is -1.74. The highest BCUT2D eigenvalue weighted by atomic mass is 35.5. The molecule has 0 spiro atoms. The molecular formula is C38H38Cl2N2O5. The number of carbonyl (C=O) groups is 3. The Balaban J connectivity index is 1.53. The summed E-state index contributed by atoms with van der Waals surface area (Å²) in [6, 6.07) is 23.4. The zero-order valence-corrected chi connectivity index (χ0v) is 28.5. The molecule has 0 aliphatic heterocycles. The average Bonchev–Trinajstić information content (AvgIpc) is 3.00. The van der Waals surface area contributed by atoms with E-state index in [2.05, 4.69) is 10.6 Å². The summed E-state index contributed by atoms with van der Waals surface area (Å²) in [7, 11) is 0. The lowest BCUT2D eigenvalue weighted by molar-refractivity contribution is -0.150. The van der Waals surface area contributed by atoms with Gasteiger partial charge in [-0.2, -0.15) is 0 Å². The number of ketones is 1. The highest BCUT2D eigenvalue weighted by molar-refractivity contribution is 6.36. The number of Topliss-reactive ketones (excluding diaryl/α,β-unsaturated/α-hetero) is 1. The first kappa shape index (κ1) is 34.2. The van der Waals surface area contributed by atoms with Gasteiger partial charge in [0.05, 0.1) is 11.5 Å².